The van der Waals surface area contributed by atoms with Gasteiger partial charge in [0.1, 0.15) is 5.75 Å². The normalized spacial score (nSPS) is 10.8. The molecule has 3 aromatic rings. The van der Waals surface area contributed by atoms with Crippen LogP contribution in [0.2, 0.25) is 0 Å². The number of nitrogens with zero attached hydrogens (tertiary/aromatic N) is 1. The standard InChI is InChI=1S/C20H22N2O2/c1-14-19(17-13-16(24-3)9-10-18(17)22(14)2)20(23)21-12-11-15-7-5-4-6-8-15/h4-10,13H,11-12H2,1-3H3,(H,21,23). The van der Waals surface area contributed by atoms with E-state index in [1.54, 1.807) is 7.11 Å². The van der Waals surface area contributed by atoms with Crippen molar-refractivity contribution in [2.24, 2.45) is 7.05 Å². The molecule has 124 valence electrons. The van der Waals surface area contributed by atoms with Crippen LogP contribution in [0.5, 0.6) is 5.75 Å². The average molecular weight is 322 g/mol. The summed E-state index contributed by atoms with van der Waals surface area (Å²) in [5.74, 6) is 0.716. The molecule has 0 saturated carbocycles. The van der Waals surface area contributed by atoms with Gasteiger partial charge in [-0.05, 0) is 37.1 Å². The Kier molecular flexibility index (Phi) is 4.56. The van der Waals surface area contributed by atoms with Gasteiger partial charge in [0.25, 0.3) is 5.91 Å². The maximum absolute atomic E-state index is 12.7. The first-order chi connectivity index (χ1) is 11.6. The van der Waals surface area contributed by atoms with Gasteiger partial charge in [0.2, 0.25) is 0 Å². The lowest BCUT2D eigenvalue weighted by molar-refractivity contribution is 0.0955. The van der Waals surface area contributed by atoms with Crippen LogP contribution in [0.4, 0.5) is 0 Å². The molecule has 0 bridgehead atoms. The number of aromatic nitrogens is 1. The highest BCUT2D eigenvalue weighted by Gasteiger charge is 2.18. The lowest BCUT2D eigenvalue weighted by Gasteiger charge is -2.06. The third-order valence-electron chi connectivity index (χ3n) is 4.47. The minimum absolute atomic E-state index is 0.0396. The van der Waals surface area contributed by atoms with E-state index in [4.69, 9.17) is 4.74 Å². The van der Waals surface area contributed by atoms with Gasteiger partial charge in [0.15, 0.2) is 0 Å². The zero-order valence-electron chi connectivity index (χ0n) is 14.3. The van der Waals surface area contributed by atoms with Gasteiger partial charge in [-0.1, -0.05) is 30.3 Å². The largest absolute Gasteiger partial charge is 0.497 e. The fourth-order valence-corrected chi connectivity index (χ4v) is 3.02. The van der Waals surface area contributed by atoms with Crippen molar-refractivity contribution in [3.8, 4) is 5.75 Å². The summed E-state index contributed by atoms with van der Waals surface area (Å²) >= 11 is 0. The van der Waals surface area contributed by atoms with E-state index in [0.717, 1.165) is 34.3 Å². The average Bonchev–Trinajstić information content (AvgIpc) is 2.86. The zero-order chi connectivity index (χ0) is 17.1. The summed E-state index contributed by atoms with van der Waals surface area (Å²) in [5, 5.41) is 3.96. The van der Waals surface area contributed by atoms with Gasteiger partial charge in [-0.25, -0.2) is 0 Å². The van der Waals surface area contributed by atoms with Crippen LogP contribution in [0.3, 0.4) is 0 Å². The van der Waals surface area contributed by atoms with E-state index in [-0.39, 0.29) is 5.91 Å². The monoisotopic (exact) mass is 322 g/mol. The van der Waals surface area contributed by atoms with Crippen molar-refractivity contribution in [1.29, 1.82) is 0 Å². The van der Waals surface area contributed by atoms with E-state index in [1.807, 2.05) is 54.9 Å². The number of carbonyl (C=O) groups is 1. The van der Waals surface area contributed by atoms with Crippen LogP contribution < -0.4 is 10.1 Å². The second kappa shape index (κ2) is 6.79. The second-order valence-electron chi connectivity index (χ2n) is 5.89. The molecule has 0 aliphatic heterocycles. The highest BCUT2D eigenvalue weighted by Crippen LogP contribution is 2.28. The van der Waals surface area contributed by atoms with E-state index in [0.29, 0.717) is 6.54 Å². The Hall–Kier alpha value is -2.75. The summed E-state index contributed by atoms with van der Waals surface area (Å²) < 4.78 is 7.35. The van der Waals surface area contributed by atoms with Crippen molar-refractivity contribution >= 4 is 16.8 Å². The Morgan fingerprint density at radius 3 is 2.62 bits per heavy atom. The minimum Gasteiger partial charge on any atom is -0.497 e. The van der Waals surface area contributed by atoms with E-state index >= 15 is 0 Å². The number of rotatable bonds is 5. The molecule has 1 heterocycles. The Morgan fingerprint density at radius 1 is 1.17 bits per heavy atom. The maximum atomic E-state index is 12.7. The fraction of sp³-hybridized carbons (Fsp3) is 0.250. The van der Waals surface area contributed by atoms with Gasteiger partial charge >= 0.3 is 0 Å². The molecule has 3 rings (SSSR count). The topological polar surface area (TPSA) is 43.3 Å². The van der Waals surface area contributed by atoms with Crippen LogP contribution >= 0.6 is 0 Å². The van der Waals surface area contributed by atoms with Crippen LogP contribution in [0.1, 0.15) is 21.6 Å². The molecule has 0 fully saturated rings. The van der Waals surface area contributed by atoms with Gasteiger partial charge in [-0.2, -0.15) is 0 Å². The van der Waals surface area contributed by atoms with E-state index in [9.17, 15) is 4.79 Å². The number of hydrogen-bond donors (Lipinski definition) is 1. The van der Waals surface area contributed by atoms with Gasteiger partial charge in [0.05, 0.1) is 12.7 Å². The fourth-order valence-electron chi connectivity index (χ4n) is 3.02. The number of nitrogens with one attached hydrogen (secondary N) is 1. The van der Waals surface area contributed by atoms with Crippen LogP contribution in [0.15, 0.2) is 48.5 Å². The Balaban J connectivity index is 1.82. The summed E-state index contributed by atoms with van der Waals surface area (Å²) in [6, 6.07) is 16.0. The number of carbonyl (C=O) groups excluding carboxylic acids is 1. The lowest BCUT2D eigenvalue weighted by atomic mass is 10.1. The molecule has 0 atom stereocenters. The number of amides is 1. The number of methoxy groups -OCH3 is 1. The Morgan fingerprint density at radius 2 is 1.92 bits per heavy atom. The van der Waals surface area contributed by atoms with Crippen LogP contribution in [0.25, 0.3) is 10.9 Å². The first-order valence-corrected chi connectivity index (χ1v) is 8.07. The molecule has 24 heavy (non-hydrogen) atoms. The van der Waals surface area contributed by atoms with Gasteiger partial charge in [-0.15, -0.1) is 0 Å². The number of benzene rings is 2. The molecule has 0 aliphatic rings. The number of fused-ring (bicyclic) bond motifs is 1. The number of ether oxygens (including phenoxy) is 1. The quantitative estimate of drug-likeness (QED) is 0.781. The summed E-state index contributed by atoms with van der Waals surface area (Å²) in [6.07, 6.45) is 0.819. The van der Waals surface area contributed by atoms with Gasteiger partial charge in [-0.3, -0.25) is 4.79 Å². The smallest absolute Gasteiger partial charge is 0.253 e. The van der Waals surface area contributed by atoms with Crippen LogP contribution in [-0.4, -0.2) is 24.1 Å². The maximum Gasteiger partial charge on any atom is 0.253 e. The predicted octanol–water partition coefficient (Wildman–Crippen LogP) is 3.47. The molecule has 1 N–H and O–H groups in total. The first kappa shape index (κ1) is 16.1. The SMILES string of the molecule is COc1ccc2c(c1)c(C(=O)NCCc1ccccc1)c(C)n2C. The van der Waals surface area contributed by atoms with Crippen molar-refractivity contribution in [2.45, 2.75) is 13.3 Å². The Bertz CT molecular complexity index is 866. The summed E-state index contributed by atoms with van der Waals surface area (Å²) in [4.78, 5) is 12.7. The number of aryl methyl sites for hydroxylation is 1. The summed E-state index contributed by atoms with van der Waals surface area (Å²) in [5.41, 5.74) is 3.92. The van der Waals surface area contributed by atoms with E-state index in [2.05, 4.69) is 17.4 Å². The third kappa shape index (κ3) is 3.00. The zero-order valence-corrected chi connectivity index (χ0v) is 14.3. The molecule has 0 saturated heterocycles. The van der Waals surface area contributed by atoms with Crippen molar-refractivity contribution in [3.05, 3.63) is 65.4 Å². The van der Waals surface area contributed by atoms with Crippen LogP contribution in [0, 0.1) is 6.92 Å². The number of hydrogen-bond acceptors (Lipinski definition) is 2. The molecule has 0 unspecified atom stereocenters. The van der Waals surface area contributed by atoms with Crippen molar-refractivity contribution in [1.82, 2.24) is 9.88 Å². The summed E-state index contributed by atoms with van der Waals surface area (Å²) in [6.45, 7) is 2.58. The molecule has 1 aromatic heterocycles. The van der Waals surface area contributed by atoms with Crippen molar-refractivity contribution in [2.75, 3.05) is 13.7 Å². The lowest BCUT2D eigenvalue weighted by Crippen LogP contribution is -2.26. The van der Waals surface area contributed by atoms with E-state index < -0.39 is 0 Å². The molecule has 4 heteroatoms. The minimum atomic E-state index is -0.0396. The molecule has 1 amide bonds. The Labute approximate surface area is 142 Å². The predicted molar refractivity (Wildman–Crippen MR) is 96.7 cm³/mol. The van der Waals surface area contributed by atoms with Gasteiger partial charge < -0.3 is 14.6 Å². The van der Waals surface area contributed by atoms with Crippen molar-refractivity contribution < 1.29 is 9.53 Å². The van der Waals surface area contributed by atoms with Gasteiger partial charge in [0, 0.05) is 30.2 Å². The highest BCUT2D eigenvalue weighted by molar-refractivity contribution is 6.08. The first-order valence-electron chi connectivity index (χ1n) is 8.07. The summed E-state index contributed by atoms with van der Waals surface area (Å²) in [7, 11) is 3.61. The van der Waals surface area contributed by atoms with Crippen molar-refractivity contribution in [3.63, 3.8) is 0 Å². The molecule has 0 spiro atoms. The molecule has 0 radical (unpaired) electrons. The molecular formula is C20H22N2O2. The highest BCUT2D eigenvalue weighted by atomic mass is 16.5. The molecule has 0 aliphatic carbocycles. The molecule has 4 nitrogen and oxygen atoms in total. The molecular weight excluding hydrogens is 300 g/mol. The second-order valence-corrected chi connectivity index (χ2v) is 5.89. The third-order valence-corrected chi connectivity index (χ3v) is 4.47. The van der Waals surface area contributed by atoms with Crippen LogP contribution in [-0.2, 0) is 13.5 Å². The molecule has 2 aromatic carbocycles. The van der Waals surface area contributed by atoms with E-state index in [1.165, 1.54) is 5.56 Å².